The van der Waals surface area contributed by atoms with Crippen LogP contribution in [0.15, 0.2) is 42.5 Å². The molecule has 4 nitrogen and oxygen atoms in total. The summed E-state index contributed by atoms with van der Waals surface area (Å²) in [5.41, 5.74) is -0.413. The number of nitrogens with one attached hydrogen (secondary N) is 1. The molecule has 1 aliphatic heterocycles. The third-order valence-electron chi connectivity index (χ3n) is 4.70. The van der Waals surface area contributed by atoms with Crippen LogP contribution in [0.4, 0.5) is 13.2 Å². The SMILES string of the molecule is O=C1N(Cc2ccc(F)c(F)c2)CCC[C@]1(O)CNCc1cccc(F)c1. The van der Waals surface area contributed by atoms with Crippen molar-refractivity contribution in [2.24, 2.45) is 0 Å². The van der Waals surface area contributed by atoms with Crippen LogP contribution in [-0.2, 0) is 17.9 Å². The van der Waals surface area contributed by atoms with Crippen LogP contribution in [0.2, 0.25) is 0 Å². The number of piperidine rings is 1. The lowest BCUT2D eigenvalue weighted by molar-refractivity contribution is -0.157. The Labute approximate surface area is 155 Å². The van der Waals surface area contributed by atoms with Crippen molar-refractivity contribution >= 4 is 5.91 Å². The van der Waals surface area contributed by atoms with Gasteiger partial charge in [0.2, 0.25) is 0 Å². The fourth-order valence-electron chi connectivity index (χ4n) is 3.30. The summed E-state index contributed by atoms with van der Waals surface area (Å²) >= 11 is 0. The van der Waals surface area contributed by atoms with E-state index in [2.05, 4.69) is 5.32 Å². The first kappa shape index (κ1) is 19.4. The zero-order valence-electron chi connectivity index (χ0n) is 14.7. The third kappa shape index (κ3) is 4.67. The molecule has 3 rings (SSSR count). The molecule has 27 heavy (non-hydrogen) atoms. The zero-order chi connectivity index (χ0) is 19.4. The maximum absolute atomic E-state index is 13.4. The molecule has 2 aromatic carbocycles. The molecule has 1 saturated heterocycles. The van der Waals surface area contributed by atoms with Crippen LogP contribution >= 0.6 is 0 Å². The van der Waals surface area contributed by atoms with Gasteiger partial charge in [-0.25, -0.2) is 13.2 Å². The van der Waals surface area contributed by atoms with E-state index in [0.29, 0.717) is 37.1 Å². The van der Waals surface area contributed by atoms with Gasteiger partial charge in [0.05, 0.1) is 0 Å². The molecule has 0 spiro atoms. The Balaban J connectivity index is 1.61. The maximum Gasteiger partial charge on any atom is 0.256 e. The van der Waals surface area contributed by atoms with Gasteiger partial charge in [-0.1, -0.05) is 18.2 Å². The molecule has 1 amide bonds. The average molecular weight is 378 g/mol. The van der Waals surface area contributed by atoms with E-state index in [9.17, 15) is 23.1 Å². The number of carbonyl (C=O) groups excluding carboxylic acids is 1. The molecule has 2 N–H and O–H groups in total. The normalized spacial score (nSPS) is 20.1. The molecule has 0 radical (unpaired) electrons. The van der Waals surface area contributed by atoms with Crippen molar-refractivity contribution in [1.82, 2.24) is 10.2 Å². The number of amides is 1. The third-order valence-corrected chi connectivity index (χ3v) is 4.70. The van der Waals surface area contributed by atoms with E-state index in [1.807, 2.05) is 0 Å². The van der Waals surface area contributed by atoms with Crippen LogP contribution < -0.4 is 5.32 Å². The monoisotopic (exact) mass is 378 g/mol. The van der Waals surface area contributed by atoms with Gasteiger partial charge in [0.25, 0.3) is 5.91 Å². The lowest BCUT2D eigenvalue weighted by atomic mass is 9.91. The number of benzene rings is 2. The van der Waals surface area contributed by atoms with E-state index in [1.54, 1.807) is 12.1 Å². The number of nitrogens with zero attached hydrogens (tertiary/aromatic N) is 1. The average Bonchev–Trinajstić information content (AvgIpc) is 2.62. The first-order valence-corrected chi connectivity index (χ1v) is 8.78. The van der Waals surface area contributed by atoms with E-state index in [-0.39, 0.29) is 18.9 Å². The van der Waals surface area contributed by atoms with E-state index < -0.39 is 23.1 Å². The minimum absolute atomic E-state index is 0.0244. The van der Waals surface area contributed by atoms with Crippen molar-refractivity contribution in [2.75, 3.05) is 13.1 Å². The molecule has 7 heteroatoms. The van der Waals surface area contributed by atoms with Crippen molar-refractivity contribution in [1.29, 1.82) is 0 Å². The minimum Gasteiger partial charge on any atom is -0.379 e. The van der Waals surface area contributed by atoms with E-state index >= 15 is 0 Å². The lowest BCUT2D eigenvalue weighted by Gasteiger charge is -2.38. The van der Waals surface area contributed by atoms with E-state index in [1.165, 1.54) is 23.1 Å². The maximum atomic E-state index is 13.4. The number of carbonyl (C=O) groups is 1. The van der Waals surface area contributed by atoms with Gasteiger partial charge in [-0.05, 0) is 48.2 Å². The predicted molar refractivity (Wildman–Crippen MR) is 94.1 cm³/mol. The van der Waals surface area contributed by atoms with Crippen molar-refractivity contribution in [2.45, 2.75) is 31.5 Å². The highest BCUT2D eigenvalue weighted by Crippen LogP contribution is 2.24. The topological polar surface area (TPSA) is 52.6 Å². The molecule has 0 aliphatic carbocycles. The minimum atomic E-state index is -1.58. The molecule has 1 atom stereocenters. The van der Waals surface area contributed by atoms with Crippen molar-refractivity contribution < 1.29 is 23.1 Å². The number of rotatable bonds is 6. The van der Waals surface area contributed by atoms with Crippen molar-refractivity contribution in [3.63, 3.8) is 0 Å². The van der Waals surface area contributed by atoms with Crippen LogP contribution in [0.25, 0.3) is 0 Å². The molecular formula is C20H21F3N2O2. The van der Waals surface area contributed by atoms with Gasteiger partial charge >= 0.3 is 0 Å². The molecule has 2 aromatic rings. The van der Waals surface area contributed by atoms with Gasteiger partial charge in [-0.3, -0.25) is 4.79 Å². The van der Waals surface area contributed by atoms with Crippen LogP contribution in [-0.4, -0.2) is 34.6 Å². The van der Waals surface area contributed by atoms with Gasteiger partial charge in [0.15, 0.2) is 17.2 Å². The summed E-state index contributed by atoms with van der Waals surface area (Å²) < 4.78 is 39.6. The van der Waals surface area contributed by atoms with Crippen LogP contribution in [0.5, 0.6) is 0 Å². The summed E-state index contributed by atoms with van der Waals surface area (Å²) in [7, 11) is 0. The van der Waals surface area contributed by atoms with Gasteiger partial charge in [0.1, 0.15) is 5.82 Å². The molecule has 0 unspecified atom stereocenters. The summed E-state index contributed by atoms with van der Waals surface area (Å²) in [6.07, 6.45) is 0.893. The fraction of sp³-hybridized carbons (Fsp3) is 0.350. The van der Waals surface area contributed by atoms with Crippen molar-refractivity contribution in [3.05, 3.63) is 71.0 Å². The van der Waals surface area contributed by atoms with Crippen LogP contribution in [0.3, 0.4) is 0 Å². The number of halogens is 3. The second-order valence-corrected chi connectivity index (χ2v) is 6.84. The summed E-state index contributed by atoms with van der Waals surface area (Å²) in [6, 6.07) is 9.56. The van der Waals surface area contributed by atoms with Gasteiger partial charge in [-0.15, -0.1) is 0 Å². The molecule has 144 valence electrons. The molecular weight excluding hydrogens is 357 g/mol. The Hall–Kier alpha value is -2.38. The second kappa shape index (κ2) is 8.10. The highest BCUT2D eigenvalue weighted by molar-refractivity contribution is 5.86. The Kier molecular flexibility index (Phi) is 5.82. The summed E-state index contributed by atoms with van der Waals surface area (Å²) in [4.78, 5) is 14.2. The predicted octanol–water partition coefficient (Wildman–Crippen LogP) is 2.75. The quantitative estimate of drug-likeness (QED) is 0.813. The van der Waals surface area contributed by atoms with Gasteiger partial charge in [-0.2, -0.15) is 0 Å². The molecule has 0 aromatic heterocycles. The zero-order valence-corrected chi connectivity index (χ0v) is 14.7. The molecule has 1 heterocycles. The van der Waals surface area contributed by atoms with E-state index in [0.717, 1.165) is 12.1 Å². The summed E-state index contributed by atoms with van der Waals surface area (Å²) in [6.45, 7) is 0.874. The van der Waals surface area contributed by atoms with Gasteiger partial charge < -0.3 is 15.3 Å². The fourth-order valence-corrected chi connectivity index (χ4v) is 3.30. The van der Waals surface area contributed by atoms with Gasteiger partial charge in [0, 0.05) is 26.2 Å². The second-order valence-electron chi connectivity index (χ2n) is 6.84. The number of hydrogen-bond donors (Lipinski definition) is 2. The van der Waals surface area contributed by atoms with Crippen LogP contribution in [0, 0.1) is 17.5 Å². The standard InChI is InChI=1S/C20H21F3N2O2/c21-16-4-1-3-14(9-16)11-24-13-20(27)7-2-8-25(19(20)26)12-15-5-6-17(22)18(23)10-15/h1,3-6,9-10,24,27H,2,7-8,11-13H2/t20-/m0/s1. The first-order valence-electron chi connectivity index (χ1n) is 8.78. The Morgan fingerprint density at radius 3 is 2.63 bits per heavy atom. The molecule has 0 saturated carbocycles. The largest absolute Gasteiger partial charge is 0.379 e. The summed E-state index contributed by atoms with van der Waals surface area (Å²) in [5, 5.41) is 13.8. The highest BCUT2D eigenvalue weighted by atomic mass is 19.2. The molecule has 1 fully saturated rings. The first-order chi connectivity index (χ1) is 12.9. The Morgan fingerprint density at radius 2 is 1.89 bits per heavy atom. The smallest absolute Gasteiger partial charge is 0.256 e. The Bertz CT molecular complexity index is 831. The number of likely N-dealkylation sites (tertiary alicyclic amines) is 1. The molecule has 1 aliphatic rings. The van der Waals surface area contributed by atoms with Crippen molar-refractivity contribution in [3.8, 4) is 0 Å². The molecule has 0 bridgehead atoms. The number of aliphatic hydroxyl groups is 1. The Morgan fingerprint density at radius 1 is 1.07 bits per heavy atom. The number of hydrogen-bond acceptors (Lipinski definition) is 3. The van der Waals surface area contributed by atoms with Crippen LogP contribution in [0.1, 0.15) is 24.0 Å². The van der Waals surface area contributed by atoms with E-state index in [4.69, 9.17) is 0 Å². The highest BCUT2D eigenvalue weighted by Gasteiger charge is 2.41. The lowest BCUT2D eigenvalue weighted by Crippen LogP contribution is -2.57. The summed E-state index contributed by atoms with van der Waals surface area (Å²) in [5.74, 6) is -2.71.